The van der Waals surface area contributed by atoms with Gasteiger partial charge in [-0.1, -0.05) is 6.07 Å². The van der Waals surface area contributed by atoms with Crippen LogP contribution in [0.1, 0.15) is 16.1 Å². The van der Waals surface area contributed by atoms with Crippen LogP contribution in [0.25, 0.3) is 0 Å². The Hall–Kier alpha value is -2.84. The quantitative estimate of drug-likeness (QED) is 0.900. The van der Waals surface area contributed by atoms with Gasteiger partial charge in [-0.05, 0) is 24.3 Å². The molecule has 9 heteroatoms. The Morgan fingerprint density at radius 3 is 2.61 bits per heavy atom. The summed E-state index contributed by atoms with van der Waals surface area (Å²) in [6, 6.07) is 5.70. The predicted molar refractivity (Wildman–Crippen MR) is 75.6 cm³/mol. The van der Waals surface area contributed by atoms with Crippen LogP contribution in [-0.4, -0.2) is 28.1 Å². The zero-order chi connectivity index (χ0) is 17.0. The first-order valence-corrected chi connectivity index (χ1v) is 6.50. The third-order valence-electron chi connectivity index (χ3n) is 2.83. The monoisotopic (exact) mass is 326 g/mol. The number of amides is 2. The van der Waals surface area contributed by atoms with Gasteiger partial charge >= 0.3 is 6.18 Å². The highest BCUT2D eigenvalue weighted by Gasteiger charge is 2.30. The van der Waals surface area contributed by atoms with Crippen molar-refractivity contribution in [2.75, 3.05) is 11.9 Å². The van der Waals surface area contributed by atoms with Crippen LogP contribution >= 0.6 is 0 Å². The number of anilines is 1. The predicted octanol–water partition coefficient (Wildman–Crippen LogP) is 1.81. The zero-order valence-electron chi connectivity index (χ0n) is 12.0. The number of carbonyl (C=O) groups is 2. The largest absolute Gasteiger partial charge is 0.416 e. The minimum absolute atomic E-state index is 0.00286. The third-order valence-corrected chi connectivity index (χ3v) is 2.83. The van der Waals surface area contributed by atoms with Gasteiger partial charge in [0.05, 0.1) is 12.1 Å². The van der Waals surface area contributed by atoms with Gasteiger partial charge in [-0.25, -0.2) is 0 Å². The minimum atomic E-state index is -4.49. The van der Waals surface area contributed by atoms with E-state index < -0.39 is 23.6 Å². The summed E-state index contributed by atoms with van der Waals surface area (Å²) < 4.78 is 39.1. The summed E-state index contributed by atoms with van der Waals surface area (Å²) in [6.45, 7) is -0.383. The van der Waals surface area contributed by atoms with Gasteiger partial charge in [0, 0.05) is 18.9 Å². The van der Waals surface area contributed by atoms with Gasteiger partial charge in [0.2, 0.25) is 5.91 Å². The molecule has 1 aromatic carbocycles. The van der Waals surface area contributed by atoms with Crippen molar-refractivity contribution in [3.8, 4) is 0 Å². The number of nitrogens with zero attached hydrogens (tertiary/aromatic N) is 2. The Morgan fingerprint density at radius 2 is 2.00 bits per heavy atom. The van der Waals surface area contributed by atoms with Gasteiger partial charge in [-0.2, -0.15) is 18.3 Å². The van der Waals surface area contributed by atoms with Crippen LogP contribution in [0.4, 0.5) is 18.9 Å². The van der Waals surface area contributed by atoms with Crippen LogP contribution in [0.15, 0.2) is 36.5 Å². The van der Waals surface area contributed by atoms with Gasteiger partial charge in [0.1, 0.15) is 5.69 Å². The average Bonchev–Trinajstić information content (AvgIpc) is 2.91. The molecule has 2 rings (SSSR count). The molecule has 0 radical (unpaired) electrons. The lowest BCUT2D eigenvalue weighted by atomic mass is 10.2. The molecule has 0 aliphatic heterocycles. The SMILES string of the molecule is Cn1ccc(C(=O)NCC(=O)Nc2cccc(C(F)(F)F)c2)n1. The molecule has 1 heterocycles. The molecule has 2 N–H and O–H groups in total. The molecule has 0 aliphatic rings. The minimum Gasteiger partial charge on any atom is -0.342 e. The molecular weight excluding hydrogens is 313 g/mol. The maximum atomic E-state index is 12.6. The Kier molecular flexibility index (Phi) is 4.68. The maximum absolute atomic E-state index is 12.6. The van der Waals surface area contributed by atoms with Gasteiger partial charge < -0.3 is 10.6 Å². The fourth-order valence-corrected chi connectivity index (χ4v) is 1.77. The Morgan fingerprint density at radius 1 is 1.26 bits per heavy atom. The van der Waals surface area contributed by atoms with Crippen molar-refractivity contribution in [3.63, 3.8) is 0 Å². The number of aromatic nitrogens is 2. The van der Waals surface area contributed by atoms with Crippen LogP contribution < -0.4 is 10.6 Å². The van der Waals surface area contributed by atoms with Crippen molar-refractivity contribution >= 4 is 17.5 Å². The van der Waals surface area contributed by atoms with E-state index in [1.165, 1.54) is 22.9 Å². The molecule has 0 aliphatic carbocycles. The second-order valence-electron chi connectivity index (χ2n) is 4.68. The van der Waals surface area contributed by atoms with E-state index in [9.17, 15) is 22.8 Å². The number of hydrogen-bond donors (Lipinski definition) is 2. The summed E-state index contributed by atoms with van der Waals surface area (Å²) in [5.41, 5.74) is -0.732. The maximum Gasteiger partial charge on any atom is 0.416 e. The highest BCUT2D eigenvalue weighted by Crippen LogP contribution is 2.30. The highest BCUT2D eigenvalue weighted by molar-refractivity contribution is 5.98. The van der Waals surface area contributed by atoms with Crippen LogP contribution in [0, 0.1) is 0 Å². The van der Waals surface area contributed by atoms with Crippen molar-refractivity contribution in [2.24, 2.45) is 7.05 Å². The van der Waals surface area contributed by atoms with Crippen molar-refractivity contribution in [1.29, 1.82) is 0 Å². The summed E-state index contributed by atoms with van der Waals surface area (Å²) in [6.07, 6.45) is -2.93. The second kappa shape index (κ2) is 6.51. The Bertz CT molecular complexity index is 725. The number of halogens is 3. The normalized spacial score (nSPS) is 11.1. The van der Waals surface area contributed by atoms with Gasteiger partial charge in [-0.3, -0.25) is 14.3 Å². The molecule has 6 nitrogen and oxygen atoms in total. The van der Waals surface area contributed by atoms with E-state index in [0.29, 0.717) is 0 Å². The summed E-state index contributed by atoms with van der Waals surface area (Å²) >= 11 is 0. The first-order valence-electron chi connectivity index (χ1n) is 6.50. The Labute approximate surface area is 129 Å². The van der Waals surface area contributed by atoms with E-state index in [2.05, 4.69) is 15.7 Å². The topological polar surface area (TPSA) is 76.0 Å². The molecule has 0 atom stereocenters. The van der Waals surface area contributed by atoms with Gasteiger partial charge in [0.25, 0.3) is 5.91 Å². The van der Waals surface area contributed by atoms with Gasteiger partial charge in [-0.15, -0.1) is 0 Å². The van der Waals surface area contributed by atoms with E-state index in [1.54, 1.807) is 13.2 Å². The van der Waals surface area contributed by atoms with Crippen molar-refractivity contribution in [2.45, 2.75) is 6.18 Å². The molecule has 23 heavy (non-hydrogen) atoms. The van der Waals surface area contributed by atoms with Crippen LogP contribution in [0.3, 0.4) is 0 Å². The number of aryl methyl sites for hydroxylation is 1. The number of rotatable bonds is 4. The molecule has 1 aromatic heterocycles. The van der Waals surface area contributed by atoms with Crippen molar-refractivity contribution < 1.29 is 22.8 Å². The molecule has 122 valence electrons. The number of carbonyl (C=O) groups excluding carboxylic acids is 2. The number of hydrogen-bond acceptors (Lipinski definition) is 3. The number of benzene rings is 1. The molecular formula is C14H13F3N4O2. The molecule has 0 unspecified atom stereocenters. The Balaban J connectivity index is 1.91. The lowest BCUT2D eigenvalue weighted by molar-refractivity contribution is -0.137. The number of alkyl halides is 3. The summed E-state index contributed by atoms with van der Waals surface area (Å²) in [4.78, 5) is 23.4. The van der Waals surface area contributed by atoms with E-state index in [1.807, 2.05) is 0 Å². The van der Waals surface area contributed by atoms with E-state index in [-0.39, 0.29) is 17.9 Å². The molecule has 2 aromatic rings. The van der Waals surface area contributed by atoms with Crippen molar-refractivity contribution in [3.05, 3.63) is 47.8 Å². The standard InChI is InChI=1S/C14H13F3N4O2/c1-21-6-5-11(20-21)13(23)18-8-12(22)19-10-4-2-3-9(7-10)14(15,16)17/h2-7H,8H2,1H3,(H,18,23)(H,19,22). The van der Waals surface area contributed by atoms with Crippen LogP contribution in [0.5, 0.6) is 0 Å². The molecule has 0 saturated heterocycles. The van der Waals surface area contributed by atoms with Gasteiger partial charge in [0.15, 0.2) is 0 Å². The first kappa shape index (κ1) is 16.5. The first-order chi connectivity index (χ1) is 10.8. The lowest BCUT2D eigenvalue weighted by Crippen LogP contribution is -2.33. The van der Waals surface area contributed by atoms with E-state index in [0.717, 1.165) is 12.1 Å². The summed E-state index contributed by atoms with van der Waals surface area (Å²) in [5, 5.41) is 8.47. The molecule has 0 fully saturated rings. The second-order valence-corrected chi connectivity index (χ2v) is 4.68. The fraction of sp³-hybridized carbons (Fsp3) is 0.214. The smallest absolute Gasteiger partial charge is 0.342 e. The molecule has 2 amide bonds. The third kappa shape index (κ3) is 4.56. The van der Waals surface area contributed by atoms with Crippen molar-refractivity contribution in [1.82, 2.24) is 15.1 Å². The summed E-state index contributed by atoms with van der Waals surface area (Å²) in [7, 11) is 1.64. The fourth-order valence-electron chi connectivity index (χ4n) is 1.77. The van der Waals surface area contributed by atoms with E-state index >= 15 is 0 Å². The average molecular weight is 326 g/mol. The van der Waals surface area contributed by atoms with E-state index in [4.69, 9.17) is 0 Å². The number of nitrogens with one attached hydrogen (secondary N) is 2. The lowest BCUT2D eigenvalue weighted by Gasteiger charge is -2.10. The molecule has 0 spiro atoms. The molecule has 0 saturated carbocycles. The zero-order valence-corrected chi connectivity index (χ0v) is 12.0. The molecule has 0 bridgehead atoms. The van der Waals surface area contributed by atoms with Crippen LogP contribution in [-0.2, 0) is 18.0 Å². The van der Waals surface area contributed by atoms with Crippen LogP contribution in [0.2, 0.25) is 0 Å². The summed E-state index contributed by atoms with van der Waals surface area (Å²) in [5.74, 6) is -1.20. The highest BCUT2D eigenvalue weighted by atomic mass is 19.4.